The summed E-state index contributed by atoms with van der Waals surface area (Å²) in [5, 5.41) is 2.61. The van der Waals surface area contributed by atoms with Crippen LogP contribution in [-0.2, 0) is 16.6 Å². The number of urea groups is 1. The Labute approximate surface area is 158 Å². The first-order valence-corrected chi connectivity index (χ1v) is 10.3. The van der Waals surface area contributed by atoms with Gasteiger partial charge in [0.1, 0.15) is 0 Å². The molecule has 0 bridgehead atoms. The Morgan fingerprint density at radius 1 is 1.23 bits per heavy atom. The molecule has 1 aromatic carbocycles. The maximum atomic E-state index is 12.4. The Bertz CT molecular complexity index is 672. The van der Waals surface area contributed by atoms with E-state index in [0.29, 0.717) is 6.54 Å². The highest BCUT2D eigenvalue weighted by molar-refractivity contribution is 7.79. The zero-order chi connectivity index (χ0) is 18.9. The Morgan fingerprint density at radius 3 is 2.38 bits per heavy atom. The van der Waals surface area contributed by atoms with Crippen molar-refractivity contribution in [2.75, 3.05) is 27.2 Å². The Kier molecular flexibility index (Phi) is 5.42. The second kappa shape index (κ2) is 7.29. The summed E-state index contributed by atoms with van der Waals surface area (Å²) in [6, 6.07) is 10.4. The van der Waals surface area contributed by atoms with Crippen molar-refractivity contribution in [1.29, 1.82) is 0 Å². The molecule has 7 heteroatoms. The summed E-state index contributed by atoms with van der Waals surface area (Å²) in [5.74, 6) is 0. The van der Waals surface area contributed by atoms with Crippen LogP contribution in [0.15, 0.2) is 30.3 Å². The van der Waals surface area contributed by atoms with Gasteiger partial charge in [-0.3, -0.25) is 9.11 Å². The van der Waals surface area contributed by atoms with Crippen molar-refractivity contribution < 1.29 is 13.6 Å². The van der Waals surface area contributed by atoms with Gasteiger partial charge in [-0.2, -0.15) is 0 Å². The fraction of sp³-hybridized carbons (Fsp3) is 0.632. The molecule has 0 radical (unpaired) electrons. The highest BCUT2D eigenvalue weighted by atomic mass is 32.2. The van der Waals surface area contributed by atoms with Crippen LogP contribution in [0.2, 0.25) is 0 Å². The predicted octanol–water partition coefficient (Wildman–Crippen LogP) is 2.05. The molecule has 1 aliphatic carbocycles. The quantitative estimate of drug-likeness (QED) is 0.796. The molecule has 1 saturated carbocycles. The second-order valence-corrected chi connectivity index (χ2v) is 9.28. The van der Waals surface area contributed by atoms with Gasteiger partial charge in [-0.15, -0.1) is 0 Å². The van der Waals surface area contributed by atoms with E-state index < -0.39 is 16.3 Å². The van der Waals surface area contributed by atoms with Crippen LogP contribution in [0.25, 0.3) is 0 Å². The van der Waals surface area contributed by atoms with E-state index in [1.807, 2.05) is 6.07 Å². The molecule has 144 valence electrons. The molecule has 1 aliphatic heterocycles. The maximum absolute atomic E-state index is 12.4. The predicted molar refractivity (Wildman–Crippen MR) is 101 cm³/mol. The third-order valence-corrected chi connectivity index (χ3v) is 6.97. The van der Waals surface area contributed by atoms with Crippen LogP contribution in [-0.4, -0.2) is 62.6 Å². The fourth-order valence-electron chi connectivity index (χ4n) is 4.47. The Balaban J connectivity index is 1.73. The minimum Gasteiger partial charge on any atom is -0.772 e. The van der Waals surface area contributed by atoms with Gasteiger partial charge in [0.25, 0.3) is 0 Å². The zero-order valence-electron chi connectivity index (χ0n) is 15.7. The number of amides is 2. The van der Waals surface area contributed by atoms with Gasteiger partial charge in [0, 0.05) is 23.9 Å². The van der Waals surface area contributed by atoms with Gasteiger partial charge in [0.15, 0.2) is 0 Å². The molecule has 1 N–H and O–H groups in total. The normalized spacial score (nSPS) is 31.3. The Morgan fingerprint density at radius 2 is 1.85 bits per heavy atom. The second-order valence-electron chi connectivity index (χ2n) is 7.95. The van der Waals surface area contributed by atoms with Gasteiger partial charge in [0.2, 0.25) is 0 Å². The van der Waals surface area contributed by atoms with E-state index in [1.165, 1.54) is 5.56 Å². The SMILES string of the molecule is CC(CN1CC2(CCC(c3ccccc3)(N(C)C)CC2)NC1=O)S(=O)[O-]. The van der Waals surface area contributed by atoms with Crippen LogP contribution < -0.4 is 5.32 Å². The van der Waals surface area contributed by atoms with E-state index in [4.69, 9.17) is 0 Å². The molecule has 2 unspecified atom stereocenters. The van der Waals surface area contributed by atoms with Crippen molar-refractivity contribution in [3.8, 4) is 0 Å². The molecule has 2 aliphatic rings. The lowest BCUT2D eigenvalue weighted by atomic mass is 9.69. The number of rotatable bonds is 5. The molecule has 1 heterocycles. The van der Waals surface area contributed by atoms with E-state index in [0.717, 1.165) is 25.7 Å². The monoisotopic (exact) mass is 378 g/mol. The van der Waals surface area contributed by atoms with Crippen LogP contribution in [0.3, 0.4) is 0 Å². The first kappa shape index (κ1) is 19.3. The van der Waals surface area contributed by atoms with E-state index in [9.17, 15) is 13.6 Å². The van der Waals surface area contributed by atoms with E-state index in [-0.39, 0.29) is 23.7 Å². The summed E-state index contributed by atoms with van der Waals surface area (Å²) < 4.78 is 22.2. The number of hydrogen-bond donors (Lipinski definition) is 1. The third-order valence-electron chi connectivity index (χ3n) is 6.16. The molecule has 2 fully saturated rings. The molecule has 1 aromatic rings. The molecule has 0 aromatic heterocycles. The zero-order valence-corrected chi connectivity index (χ0v) is 16.6. The summed E-state index contributed by atoms with van der Waals surface area (Å²) >= 11 is -2.16. The van der Waals surface area contributed by atoms with Crippen molar-refractivity contribution in [1.82, 2.24) is 15.1 Å². The van der Waals surface area contributed by atoms with Gasteiger partial charge >= 0.3 is 6.03 Å². The average molecular weight is 379 g/mol. The Hall–Kier alpha value is -1.44. The molecule has 6 nitrogen and oxygen atoms in total. The summed E-state index contributed by atoms with van der Waals surface area (Å²) in [7, 11) is 4.24. The summed E-state index contributed by atoms with van der Waals surface area (Å²) in [6.07, 6.45) is 3.69. The van der Waals surface area contributed by atoms with Gasteiger partial charge in [-0.05, 0) is 45.3 Å². The molecule has 2 atom stereocenters. The lowest BCUT2D eigenvalue weighted by molar-refractivity contribution is 0.0620. The number of hydrogen-bond acceptors (Lipinski definition) is 4. The standard InChI is InChI=1S/C19H29N3O3S/c1-15(26(24)25)13-22-14-18(20-17(22)23)9-11-19(12-10-18,21(2)3)16-7-5-4-6-8-16/h4-8,15H,9-14H2,1-3H3,(H,20,23)(H,24,25)/p-1. The number of carbonyl (C=O) groups excluding carboxylic acids is 1. The van der Waals surface area contributed by atoms with Crippen molar-refractivity contribution in [2.24, 2.45) is 0 Å². The number of benzene rings is 1. The highest BCUT2D eigenvalue weighted by Gasteiger charge is 2.50. The number of carbonyl (C=O) groups is 1. The fourth-order valence-corrected chi connectivity index (χ4v) is 4.77. The average Bonchev–Trinajstić information content (AvgIpc) is 2.91. The summed E-state index contributed by atoms with van der Waals surface area (Å²) in [5.41, 5.74) is 1.06. The van der Waals surface area contributed by atoms with Crippen LogP contribution in [0.5, 0.6) is 0 Å². The van der Waals surface area contributed by atoms with Crippen LogP contribution >= 0.6 is 0 Å². The van der Waals surface area contributed by atoms with E-state index >= 15 is 0 Å². The number of nitrogens with zero attached hydrogens (tertiary/aromatic N) is 2. The molecule has 1 saturated heterocycles. The van der Waals surface area contributed by atoms with Gasteiger partial charge < -0.3 is 14.8 Å². The molecular weight excluding hydrogens is 350 g/mol. The molecular formula is C19H28N3O3S-. The lowest BCUT2D eigenvalue weighted by Gasteiger charge is -2.48. The van der Waals surface area contributed by atoms with Crippen LogP contribution in [0, 0.1) is 0 Å². The van der Waals surface area contributed by atoms with Gasteiger partial charge in [-0.25, -0.2) is 4.79 Å². The topological polar surface area (TPSA) is 75.7 Å². The molecule has 3 rings (SSSR count). The van der Waals surface area contributed by atoms with E-state index in [1.54, 1.807) is 11.8 Å². The lowest BCUT2D eigenvalue weighted by Crippen LogP contribution is -2.54. The third kappa shape index (κ3) is 3.52. The molecule has 1 spiro atoms. The minimum atomic E-state index is -2.16. The highest BCUT2D eigenvalue weighted by Crippen LogP contribution is 2.45. The first-order chi connectivity index (χ1) is 12.3. The largest absolute Gasteiger partial charge is 0.772 e. The van der Waals surface area contributed by atoms with Crippen LogP contribution in [0.1, 0.15) is 38.2 Å². The van der Waals surface area contributed by atoms with Crippen molar-refractivity contribution in [2.45, 2.75) is 48.9 Å². The van der Waals surface area contributed by atoms with Crippen molar-refractivity contribution in [3.63, 3.8) is 0 Å². The van der Waals surface area contributed by atoms with Crippen LogP contribution in [0.4, 0.5) is 4.79 Å². The number of nitrogens with one attached hydrogen (secondary N) is 1. The smallest absolute Gasteiger partial charge is 0.318 e. The first-order valence-electron chi connectivity index (χ1n) is 9.16. The van der Waals surface area contributed by atoms with Gasteiger partial charge in [-0.1, -0.05) is 48.3 Å². The minimum absolute atomic E-state index is 0.0194. The van der Waals surface area contributed by atoms with Crippen molar-refractivity contribution in [3.05, 3.63) is 35.9 Å². The maximum Gasteiger partial charge on any atom is 0.318 e. The summed E-state index contributed by atoms with van der Waals surface area (Å²) in [4.78, 5) is 16.3. The molecule has 2 amide bonds. The summed E-state index contributed by atoms with van der Waals surface area (Å²) in [6.45, 7) is 2.47. The van der Waals surface area contributed by atoms with Crippen molar-refractivity contribution >= 4 is 17.1 Å². The van der Waals surface area contributed by atoms with E-state index in [2.05, 4.69) is 48.6 Å². The van der Waals surface area contributed by atoms with Gasteiger partial charge in [0.05, 0.1) is 5.54 Å². The molecule has 26 heavy (non-hydrogen) atoms.